The Morgan fingerprint density at radius 1 is 1.32 bits per heavy atom. The van der Waals surface area contributed by atoms with E-state index in [1.807, 2.05) is 0 Å². The first kappa shape index (κ1) is 20.0. The SMILES string of the molecule is CCNC(=NCC1(CC)CCC1)NCC1CN(C)CCO1.I. The lowest BCUT2D eigenvalue weighted by molar-refractivity contribution is -0.0161. The van der Waals surface area contributed by atoms with Crippen molar-refractivity contribution < 1.29 is 4.74 Å². The second kappa shape index (κ2) is 9.93. The maximum absolute atomic E-state index is 5.79. The summed E-state index contributed by atoms with van der Waals surface area (Å²) < 4.78 is 5.79. The maximum atomic E-state index is 5.79. The van der Waals surface area contributed by atoms with Gasteiger partial charge in [0, 0.05) is 32.7 Å². The number of ether oxygens (including phenoxy) is 1. The normalized spacial score (nSPS) is 25.0. The number of nitrogens with zero attached hydrogens (tertiary/aromatic N) is 2. The van der Waals surface area contributed by atoms with Crippen molar-refractivity contribution in [2.45, 2.75) is 45.6 Å². The minimum atomic E-state index is 0. The van der Waals surface area contributed by atoms with E-state index in [-0.39, 0.29) is 30.1 Å². The summed E-state index contributed by atoms with van der Waals surface area (Å²) in [6.45, 7) is 9.93. The third-order valence-electron chi connectivity index (χ3n) is 4.92. The van der Waals surface area contributed by atoms with Gasteiger partial charge in [0.1, 0.15) is 0 Å². The van der Waals surface area contributed by atoms with Crippen molar-refractivity contribution in [3.63, 3.8) is 0 Å². The third kappa shape index (κ3) is 5.85. The van der Waals surface area contributed by atoms with Gasteiger partial charge in [0.2, 0.25) is 0 Å². The predicted octanol–water partition coefficient (Wildman–Crippen LogP) is 2.07. The van der Waals surface area contributed by atoms with Gasteiger partial charge < -0.3 is 20.3 Å². The van der Waals surface area contributed by atoms with Crippen LogP contribution in [0.2, 0.25) is 0 Å². The number of hydrogen-bond donors (Lipinski definition) is 2. The Balaban J connectivity index is 0.00000242. The van der Waals surface area contributed by atoms with Crippen molar-refractivity contribution in [1.29, 1.82) is 0 Å². The highest BCUT2D eigenvalue weighted by Crippen LogP contribution is 2.43. The topological polar surface area (TPSA) is 48.9 Å². The first-order valence-corrected chi connectivity index (χ1v) is 8.50. The van der Waals surface area contributed by atoms with E-state index in [1.54, 1.807) is 0 Å². The van der Waals surface area contributed by atoms with E-state index in [4.69, 9.17) is 9.73 Å². The molecule has 1 aliphatic carbocycles. The molecule has 1 saturated carbocycles. The number of nitrogens with one attached hydrogen (secondary N) is 2. The number of likely N-dealkylation sites (N-methyl/N-ethyl adjacent to an activating group) is 1. The molecule has 2 rings (SSSR count). The van der Waals surface area contributed by atoms with E-state index in [0.29, 0.717) is 5.41 Å². The van der Waals surface area contributed by atoms with E-state index < -0.39 is 0 Å². The van der Waals surface area contributed by atoms with Gasteiger partial charge in [-0.05, 0) is 38.6 Å². The van der Waals surface area contributed by atoms with Crippen LogP contribution < -0.4 is 10.6 Å². The lowest BCUT2D eigenvalue weighted by Crippen LogP contribution is -2.48. The van der Waals surface area contributed by atoms with Crippen molar-refractivity contribution >= 4 is 29.9 Å². The molecule has 1 atom stereocenters. The van der Waals surface area contributed by atoms with Crippen LogP contribution in [0.25, 0.3) is 0 Å². The van der Waals surface area contributed by atoms with Crippen LogP contribution >= 0.6 is 24.0 Å². The molecule has 130 valence electrons. The molecule has 6 heteroatoms. The van der Waals surface area contributed by atoms with Crippen LogP contribution in [-0.2, 0) is 4.74 Å². The van der Waals surface area contributed by atoms with Crippen LogP contribution in [-0.4, -0.2) is 63.3 Å². The fourth-order valence-electron chi connectivity index (χ4n) is 3.09. The monoisotopic (exact) mass is 424 g/mol. The number of hydrogen-bond acceptors (Lipinski definition) is 3. The molecule has 22 heavy (non-hydrogen) atoms. The van der Waals surface area contributed by atoms with Crippen molar-refractivity contribution in [2.24, 2.45) is 10.4 Å². The molecule has 1 unspecified atom stereocenters. The summed E-state index contributed by atoms with van der Waals surface area (Å²) in [6, 6.07) is 0. The first-order chi connectivity index (χ1) is 10.2. The number of halogens is 1. The Morgan fingerprint density at radius 3 is 2.64 bits per heavy atom. The minimum Gasteiger partial charge on any atom is -0.374 e. The lowest BCUT2D eigenvalue weighted by atomic mass is 9.67. The van der Waals surface area contributed by atoms with Crippen LogP contribution in [0, 0.1) is 5.41 Å². The zero-order chi connectivity index (χ0) is 15.1. The average molecular weight is 424 g/mol. The Bertz CT molecular complexity index is 342. The van der Waals surface area contributed by atoms with Gasteiger partial charge in [-0.2, -0.15) is 0 Å². The second-order valence-corrected chi connectivity index (χ2v) is 6.54. The van der Waals surface area contributed by atoms with Gasteiger partial charge in [-0.3, -0.25) is 4.99 Å². The Hall–Kier alpha value is -0.0800. The molecule has 1 heterocycles. The first-order valence-electron chi connectivity index (χ1n) is 8.50. The van der Waals surface area contributed by atoms with E-state index >= 15 is 0 Å². The molecule has 0 aromatic carbocycles. The van der Waals surface area contributed by atoms with Gasteiger partial charge >= 0.3 is 0 Å². The highest BCUT2D eigenvalue weighted by Gasteiger charge is 2.34. The van der Waals surface area contributed by atoms with E-state index in [9.17, 15) is 0 Å². The highest BCUT2D eigenvalue weighted by atomic mass is 127. The Kier molecular flexibility index (Phi) is 9.01. The molecule has 0 spiro atoms. The summed E-state index contributed by atoms with van der Waals surface area (Å²) in [5, 5.41) is 6.79. The zero-order valence-corrected chi connectivity index (χ0v) is 16.7. The van der Waals surface area contributed by atoms with Crippen molar-refractivity contribution in [3.05, 3.63) is 0 Å². The second-order valence-electron chi connectivity index (χ2n) is 6.54. The molecule has 5 nitrogen and oxygen atoms in total. The predicted molar refractivity (Wildman–Crippen MR) is 103 cm³/mol. The molecule has 0 bridgehead atoms. The molecule has 2 aliphatic rings. The summed E-state index contributed by atoms with van der Waals surface area (Å²) in [7, 11) is 2.15. The number of aliphatic imine (C=N–C) groups is 1. The van der Waals surface area contributed by atoms with Gasteiger partial charge in [0.15, 0.2) is 5.96 Å². The molecular weight excluding hydrogens is 391 g/mol. The zero-order valence-electron chi connectivity index (χ0n) is 14.4. The molecule has 0 aromatic heterocycles. The molecule has 0 amide bonds. The maximum Gasteiger partial charge on any atom is 0.191 e. The third-order valence-corrected chi connectivity index (χ3v) is 4.92. The van der Waals surface area contributed by atoms with Gasteiger partial charge in [-0.15, -0.1) is 24.0 Å². The molecule has 2 fully saturated rings. The number of guanidine groups is 1. The molecule has 0 aromatic rings. The lowest BCUT2D eigenvalue weighted by Gasteiger charge is -2.40. The van der Waals surface area contributed by atoms with Gasteiger partial charge in [-0.1, -0.05) is 13.3 Å². The van der Waals surface area contributed by atoms with E-state index in [0.717, 1.165) is 45.3 Å². The molecule has 1 aliphatic heterocycles. The number of morpholine rings is 1. The van der Waals surface area contributed by atoms with Crippen LogP contribution in [0.1, 0.15) is 39.5 Å². The summed E-state index contributed by atoms with van der Waals surface area (Å²) in [5.74, 6) is 0.939. The number of rotatable bonds is 6. The quantitative estimate of drug-likeness (QED) is 0.390. The fourth-order valence-corrected chi connectivity index (χ4v) is 3.09. The molecule has 0 radical (unpaired) electrons. The van der Waals surface area contributed by atoms with Crippen LogP contribution in [0.3, 0.4) is 0 Å². The standard InChI is InChI=1S/C16H32N4O.HI/c1-4-16(7-6-8-16)13-19-15(17-5-2)18-11-14-12-20(3)9-10-21-14;/h14H,4-13H2,1-3H3,(H2,17,18,19);1H. The van der Waals surface area contributed by atoms with Crippen LogP contribution in [0.15, 0.2) is 4.99 Å². The van der Waals surface area contributed by atoms with Crippen molar-refractivity contribution in [2.75, 3.05) is 46.4 Å². The van der Waals surface area contributed by atoms with Crippen molar-refractivity contribution in [3.8, 4) is 0 Å². The largest absolute Gasteiger partial charge is 0.374 e. The van der Waals surface area contributed by atoms with Gasteiger partial charge in [0.25, 0.3) is 0 Å². The van der Waals surface area contributed by atoms with E-state index in [1.165, 1.54) is 25.7 Å². The minimum absolute atomic E-state index is 0. The van der Waals surface area contributed by atoms with Gasteiger partial charge in [-0.25, -0.2) is 0 Å². The van der Waals surface area contributed by atoms with Gasteiger partial charge in [0.05, 0.1) is 12.7 Å². The van der Waals surface area contributed by atoms with Crippen molar-refractivity contribution in [1.82, 2.24) is 15.5 Å². The summed E-state index contributed by atoms with van der Waals surface area (Å²) in [5.41, 5.74) is 0.476. The summed E-state index contributed by atoms with van der Waals surface area (Å²) >= 11 is 0. The van der Waals surface area contributed by atoms with E-state index in [2.05, 4.69) is 36.4 Å². The van der Waals surface area contributed by atoms with Crippen LogP contribution in [0.5, 0.6) is 0 Å². The smallest absolute Gasteiger partial charge is 0.191 e. The highest BCUT2D eigenvalue weighted by molar-refractivity contribution is 14.0. The Morgan fingerprint density at radius 2 is 2.09 bits per heavy atom. The Labute approximate surface area is 152 Å². The fraction of sp³-hybridized carbons (Fsp3) is 0.938. The average Bonchev–Trinajstić information content (AvgIpc) is 2.44. The summed E-state index contributed by atoms with van der Waals surface area (Å²) in [4.78, 5) is 7.13. The molecule has 1 saturated heterocycles. The molecule has 2 N–H and O–H groups in total. The summed E-state index contributed by atoms with van der Waals surface area (Å²) in [6.07, 6.45) is 5.55. The molecular formula is C16H33IN4O. The van der Waals surface area contributed by atoms with Crippen LogP contribution in [0.4, 0.5) is 0 Å².